The van der Waals surface area contributed by atoms with Gasteiger partial charge in [-0.05, 0) is 81.2 Å². The molecule has 2 aromatic carbocycles. The molecule has 1 heterocycles. The van der Waals surface area contributed by atoms with Crippen LogP contribution in [-0.4, -0.2) is 73.7 Å². The third kappa shape index (κ3) is 7.22. The van der Waals surface area contributed by atoms with Crippen LogP contribution in [0.3, 0.4) is 0 Å². The molecular weight excluding hydrogens is 498 g/mol. The zero-order valence-corrected chi connectivity index (χ0v) is 26.8. The van der Waals surface area contributed by atoms with Gasteiger partial charge >= 0.3 is 0 Å². The van der Waals surface area contributed by atoms with Crippen molar-refractivity contribution in [1.82, 2.24) is 14.7 Å². The molecule has 39 heavy (non-hydrogen) atoms. The first kappa shape index (κ1) is 31.1. The van der Waals surface area contributed by atoms with Crippen molar-refractivity contribution in [3.8, 4) is 5.75 Å². The van der Waals surface area contributed by atoms with Crippen molar-refractivity contribution in [3.05, 3.63) is 77.9 Å². The predicted octanol–water partition coefficient (Wildman–Crippen LogP) is 7.22. The lowest BCUT2D eigenvalue weighted by Crippen LogP contribution is -2.57. The van der Waals surface area contributed by atoms with Crippen molar-refractivity contribution in [1.29, 1.82) is 0 Å². The van der Waals surface area contributed by atoms with E-state index in [2.05, 4.69) is 100 Å². The average Bonchev–Trinajstić information content (AvgIpc) is 2.87. The molecule has 214 valence electrons. The second-order valence-corrected chi connectivity index (χ2v) is 17.3. The molecule has 0 saturated carbocycles. The topological polar surface area (TPSA) is 36.0 Å². The SMILES string of the molecule is C=CCN1CC(C)N(C(c2ccc(C(=O)N(CC)CC)cc2)c2cccc(O[Si](C)(C)C(C)(C)C)c2)CC1C. The quantitative estimate of drug-likeness (QED) is 0.231. The van der Waals surface area contributed by atoms with Crippen LogP contribution in [0, 0.1) is 0 Å². The molecular formula is C33H51N3O2Si. The Balaban J connectivity index is 2.03. The maximum atomic E-state index is 13.0. The Morgan fingerprint density at radius 1 is 1.05 bits per heavy atom. The molecule has 6 heteroatoms. The first-order chi connectivity index (χ1) is 18.3. The second kappa shape index (κ2) is 12.8. The van der Waals surface area contributed by atoms with Gasteiger partial charge in [0.2, 0.25) is 8.32 Å². The van der Waals surface area contributed by atoms with Crippen molar-refractivity contribution in [3.63, 3.8) is 0 Å². The van der Waals surface area contributed by atoms with Gasteiger partial charge in [-0.3, -0.25) is 14.6 Å². The first-order valence-corrected chi connectivity index (χ1v) is 17.5. The number of rotatable bonds is 10. The summed E-state index contributed by atoms with van der Waals surface area (Å²) in [6.07, 6.45) is 2.00. The van der Waals surface area contributed by atoms with E-state index in [1.165, 1.54) is 11.1 Å². The summed E-state index contributed by atoms with van der Waals surface area (Å²) in [4.78, 5) is 20.0. The van der Waals surface area contributed by atoms with Crippen molar-refractivity contribution >= 4 is 14.2 Å². The Morgan fingerprint density at radius 3 is 2.26 bits per heavy atom. The fourth-order valence-electron chi connectivity index (χ4n) is 5.28. The normalized spacial score (nSPS) is 19.9. The highest BCUT2D eigenvalue weighted by molar-refractivity contribution is 6.74. The molecule has 0 aliphatic carbocycles. The fraction of sp³-hybridized carbons (Fsp3) is 0.545. The van der Waals surface area contributed by atoms with Crippen LogP contribution >= 0.6 is 0 Å². The van der Waals surface area contributed by atoms with Gasteiger partial charge in [0.05, 0.1) is 6.04 Å². The molecule has 2 aromatic rings. The third-order valence-corrected chi connectivity index (χ3v) is 13.1. The molecule has 1 aliphatic heterocycles. The minimum atomic E-state index is -1.98. The van der Waals surface area contributed by atoms with E-state index in [0.29, 0.717) is 25.2 Å². The van der Waals surface area contributed by atoms with E-state index in [0.717, 1.165) is 30.9 Å². The molecule has 1 amide bonds. The molecule has 3 rings (SSSR count). The van der Waals surface area contributed by atoms with Crippen molar-refractivity contribution in [2.75, 3.05) is 32.7 Å². The summed E-state index contributed by atoms with van der Waals surface area (Å²) in [5.74, 6) is 1.04. The van der Waals surface area contributed by atoms with Gasteiger partial charge in [-0.15, -0.1) is 6.58 Å². The van der Waals surface area contributed by atoms with Gasteiger partial charge in [0.1, 0.15) is 5.75 Å². The first-order valence-electron chi connectivity index (χ1n) is 14.6. The van der Waals surface area contributed by atoms with E-state index in [1.807, 2.05) is 37.0 Å². The summed E-state index contributed by atoms with van der Waals surface area (Å²) in [7, 11) is -1.98. The number of carbonyl (C=O) groups is 1. The highest BCUT2D eigenvalue weighted by Crippen LogP contribution is 2.39. The van der Waals surface area contributed by atoms with E-state index in [-0.39, 0.29) is 17.0 Å². The number of carbonyl (C=O) groups excluding carboxylic acids is 1. The van der Waals surface area contributed by atoms with Crippen molar-refractivity contribution in [2.45, 2.75) is 84.7 Å². The van der Waals surface area contributed by atoms with Gasteiger partial charge < -0.3 is 9.33 Å². The lowest BCUT2D eigenvalue weighted by atomic mass is 9.92. The molecule has 0 bridgehead atoms. The molecule has 0 radical (unpaired) electrons. The van der Waals surface area contributed by atoms with Crippen LogP contribution in [0.4, 0.5) is 0 Å². The van der Waals surface area contributed by atoms with Crippen LogP contribution in [0.15, 0.2) is 61.2 Å². The Hall–Kier alpha value is -2.41. The highest BCUT2D eigenvalue weighted by Gasteiger charge is 2.39. The summed E-state index contributed by atoms with van der Waals surface area (Å²) in [5, 5.41) is 0.126. The number of piperazine rings is 1. The summed E-state index contributed by atoms with van der Waals surface area (Å²) in [6.45, 7) is 28.3. The minimum absolute atomic E-state index is 0.0638. The summed E-state index contributed by atoms with van der Waals surface area (Å²) < 4.78 is 6.73. The zero-order chi connectivity index (χ0) is 29.0. The Kier molecular flexibility index (Phi) is 10.2. The third-order valence-electron chi connectivity index (χ3n) is 8.74. The Morgan fingerprint density at radius 2 is 1.69 bits per heavy atom. The van der Waals surface area contributed by atoms with Gasteiger partial charge in [0.25, 0.3) is 5.91 Å². The van der Waals surface area contributed by atoms with Gasteiger partial charge in [-0.25, -0.2) is 0 Å². The summed E-state index contributed by atoms with van der Waals surface area (Å²) >= 11 is 0. The molecule has 0 aromatic heterocycles. The van der Waals surface area contributed by atoms with E-state index < -0.39 is 8.32 Å². The van der Waals surface area contributed by atoms with Gasteiger partial charge in [0.15, 0.2) is 0 Å². The van der Waals surface area contributed by atoms with Crippen LogP contribution in [0.2, 0.25) is 18.1 Å². The minimum Gasteiger partial charge on any atom is -0.543 e. The number of hydrogen-bond donors (Lipinski definition) is 0. The van der Waals surface area contributed by atoms with Crippen LogP contribution in [-0.2, 0) is 0 Å². The predicted molar refractivity (Wildman–Crippen MR) is 167 cm³/mol. The zero-order valence-electron chi connectivity index (χ0n) is 25.8. The summed E-state index contributed by atoms with van der Waals surface area (Å²) in [6, 6.07) is 17.8. The number of hydrogen-bond acceptors (Lipinski definition) is 4. The maximum absolute atomic E-state index is 13.0. The average molecular weight is 550 g/mol. The highest BCUT2D eigenvalue weighted by atomic mass is 28.4. The number of nitrogens with zero attached hydrogens (tertiary/aromatic N) is 3. The molecule has 3 unspecified atom stereocenters. The lowest BCUT2D eigenvalue weighted by molar-refractivity contribution is 0.0306. The van der Waals surface area contributed by atoms with Gasteiger partial charge in [-0.2, -0.15) is 0 Å². The fourth-order valence-corrected chi connectivity index (χ4v) is 6.30. The molecule has 3 atom stereocenters. The van der Waals surface area contributed by atoms with E-state index in [1.54, 1.807) is 0 Å². The molecule has 1 fully saturated rings. The largest absolute Gasteiger partial charge is 0.543 e. The van der Waals surface area contributed by atoms with Gasteiger partial charge in [-0.1, -0.05) is 51.1 Å². The van der Waals surface area contributed by atoms with E-state index >= 15 is 0 Å². The summed E-state index contributed by atoms with van der Waals surface area (Å²) in [5.41, 5.74) is 3.17. The Labute approximate surface area is 239 Å². The Bertz CT molecular complexity index is 1100. The van der Waals surface area contributed by atoms with E-state index in [4.69, 9.17) is 4.43 Å². The maximum Gasteiger partial charge on any atom is 0.253 e. The number of benzene rings is 2. The number of amides is 1. The van der Waals surface area contributed by atoms with Crippen molar-refractivity contribution in [2.24, 2.45) is 0 Å². The molecule has 1 saturated heterocycles. The van der Waals surface area contributed by atoms with Gasteiger partial charge in [0, 0.05) is 50.4 Å². The molecule has 1 aliphatic rings. The molecule has 5 nitrogen and oxygen atoms in total. The van der Waals surface area contributed by atoms with Crippen molar-refractivity contribution < 1.29 is 9.22 Å². The molecule has 0 N–H and O–H groups in total. The lowest BCUT2D eigenvalue weighted by Gasteiger charge is -2.47. The molecule has 0 spiro atoms. The van der Waals surface area contributed by atoms with Crippen LogP contribution in [0.1, 0.15) is 76.0 Å². The second-order valence-electron chi connectivity index (χ2n) is 12.6. The van der Waals surface area contributed by atoms with Crippen LogP contribution in [0.25, 0.3) is 0 Å². The standard InChI is InChI=1S/C33H51N3O2Si/c1-11-21-35-23-26(5)36(24-25(35)4)31(27-17-19-28(20-18-27)32(37)34(12-2)13-3)29-15-14-16-30(22-29)38-39(9,10)33(6,7)8/h11,14-20,22,25-26,31H,1,12-13,21,23-24H2,2-10H3. The monoisotopic (exact) mass is 549 g/mol. The van der Waals surface area contributed by atoms with E-state index in [9.17, 15) is 4.79 Å². The van der Waals surface area contributed by atoms with Crippen LogP contribution < -0.4 is 4.43 Å². The smallest absolute Gasteiger partial charge is 0.253 e. The van der Waals surface area contributed by atoms with Crippen LogP contribution in [0.5, 0.6) is 5.75 Å².